The number of hydrogen-bond donors (Lipinski definition) is 1. The van der Waals surface area contributed by atoms with E-state index in [1.807, 2.05) is 14.0 Å². The molecule has 28 heavy (non-hydrogen) atoms. The molecule has 0 spiro atoms. The molecule has 0 amide bonds. The highest BCUT2D eigenvalue weighted by Crippen LogP contribution is 2.69. The van der Waals surface area contributed by atoms with Crippen molar-refractivity contribution in [3.05, 3.63) is 0 Å². The van der Waals surface area contributed by atoms with E-state index in [1.54, 1.807) is 0 Å². The average Bonchev–Trinajstić information content (AvgIpc) is 3.02. The van der Waals surface area contributed by atoms with E-state index in [-0.39, 0.29) is 11.3 Å². The van der Waals surface area contributed by atoms with Crippen LogP contribution >= 0.6 is 15.9 Å². The van der Waals surface area contributed by atoms with Crippen molar-refractivity contribution in [2.45, 2.75) is 83.7 Å². The van der Waals surface area contributed by atoms with Crippen LogP contribution in [0.1, 0.15) is 78.1 Å². The highest BCUT2D eigenvalue weighted by Gasteiger charge is 2.62. The van der Waals surface area contributed by atoms with Crippen molar-refractivity contribution >= 4 is 21.7 Å². The fraction of sp³-hybridized carbons (Fsp3) is 0.958. The zero-order valence-corrected chi connectivity index (χ0v) is 19.6. The summed E-state index contributed by atoms with van der Waals surface area (Å²) >= 11 is 3.44. The molecule has 1 N–H and O–H groups in total. The second-order valence-electron chi connectivity index (χ2n) is 11.1. The molecule has 4 rings (SSSR count). The van der Waals surface area contributed by atoms with E-state index in [9.17, 15) is 9.90 Å². The van der Waals surface area contributed by atoms with Gasteiger partial charge in [-0.25, -0.2) is 0 Å². The SMILES string of the molecule is COCC[C@]12CC[C@@](C)(O)C[C@@H]1CC[C@H]1[C@@H]3CC[C@H](C(=O)CBr)[C@@]3(C)CC[C@@H]12. The molecule has 0 aliphatic heterocycles. The number of halogens is 1. The molecular formula is C24H39BrO3. The van der Waals surface area contributed by atoms with E-state index in [0.29, 0.717) is 28.4 Å². The Kier molecular flexibility index (Phi) is 5.81. The van der Waals surface area contributed by atoms with E-state index in [0.717, 1.165) is 50.5 Å². The highest BCUT2D eigenvalue weighted by molar-refractivity contribution is 9.09. The van der Waals surface area contributed by atoms with Gasteiger partial charge in [0.2, 0.25) is 0 Å². The van der Waals surface area contributed by atoms with E-state index >= 15 is 0 Å². The van der Waals surface area contributed by atoms with Crippen molar-refractivity contribution < 1.29 is 14.6 Å². The molecular weight excluding hydrogens is 416 g/mol. The van der Waals surface area contributed by atoms with E-state index < -0.39 is 5.60 Å². The molecule has 4 fully saturated rings. The van der Waals surface area contributed by atoms with Crippen LogP contribution in [0.15, 0.2) is 0 Å². The van der Waals surface area contributed by atoms with Crippen LogP contribution in [0.3, 0.4) is 0 Å². The van der Waals surface area contributed by atoms with Gasteiger partial charge in [0.1, 0.15) is 5.78 Å². The van der Waals surface area contributed by atoms with Crippen LogP contribution in [0.5, 0.6) is 0 Å². The first kappa shape index (κ1) is 21.3. The summed E-state index contributed by atoms with van der Waals surface area (Å²) in [6, 6.07) is 0. The van der Waals surface area contributed by atoms with Crippen LogP contribution in [0.25, 0.3) is 0 Å². The summed E-state index contributed by atoms with van der Waals surface area (Å²) in [7, 11) is 1.83. The summed E-state index contributed by atoms with van der Waals surface area (Å²) in [6.45, 7) is 5.32. The van der Waals surface area contributed by atoms with Crippen molar-refractivity contribution in [2.24, 2.45) is 40.4 Å². The number of carbonyl (C=O) groups excluding carboxylic acids is 1. The average molecular weight is 455 g/mol. The van der Waals surface area contributed by atoms with Gasteiger partial charge in [0.25, 0.3) is 0 Å². The minimum absolute atomic E-state index is 0.210. The number of aliphatic hydroxyl groups is 1. The third kappa shape index (κ3) is 3.24. The van der Waals surface area contributed by atoms with Gasteiger partial charge in [-0.05, 0) is 106 Å². The lowest BCUT2D eigenvalue weighted by molar-refractivity contribution is -0.163. The lowest BCUT2D eigenvalue weighted by Crippen LogP contribution is -2.57. The van der Waals surface area contributed by atoms with Crippen molar-refractivity contribution in [1.82, 2.24) is 0 Å². The number of ether oxygens (including phenoxy) is 1. The largest absolute Gasteiger partial charge is 0.390 e. The lowest BCUT2D eigenvalue weighted by atomic mass is 9.42. The Hall–Kier alpha value is 0.0700. The Morgan fingerprint density at radius 3 is 2.57 bits per heavy atom. The Morgan fingerprint density at radius 2 is 1.86 bits per heavy atom. The zero-order valence-electron chi connectivity index (χ0n) is 18.0. The lowest BCUT2D eigenvalue weighted by Gasteiger charge is -2.63. The first-order valence-electron chi connectivity index (χ1n) is 11.6. The number of ketones is 1. The Bertz CT molecular complexity index is 605. The molecule has 0 heterocycles. The number of methoxy groups -OCH3 is 1. The fourth-order valence-electron chi connectivity index (χ4n) is 8.65. The predicted octanol–water partition coefficient (Wildman–Crippen LogP) is 5.38. The number of fused-ring (bicyclic) bond motifs is 5. The molecule has 0 bridgehead atoms. The molecule has 0 aromatic heterocycles. The van der Waals surface area contributed by atoms with Crippen LogP contribution in [-0.2, 0) is 9.53 Å². The fourth-order valence-corrected chi connectivity index (χ4v) is 9.04. The van der Waals surface area contributed by atoms with Crippen molar-refractivity contribution in [2.75, 3.05) is 19.0 Å². The second-order valence-corrected chi connectivity index (χ2v) is 11.7. The maximum absolute atomic E-state index is 12.6. The molecule has 3 nitrogen and oxygen atoms in total. The molecule has 160 valence electrons. The monoisotopic (exact) mass is 454 g/mol. The summed E-state index contributed by atoms with van der Waals surface area (Å²) in [5.74, 6) is 3.56. The maximum Gasteiger partial charge on any atom is 0.147 e. The maximum atomic E-state index is 12.6. The number of rotatable bonds is 5. The predicted molar refractivity (Wildman–Crippen MR) is 115 cm³/mol. The first-order chi connectivity index (χ1) is 13.3. The van der Waals surface area contributed by atoms with Crippen LogP contribution in [-0.4, -0.2) is 35.5 Å². The van der Waals surface area contributed by atoms with Crippen LogP contribution < -0.4 is 0 Å². The van der Waals surface area contributed by atoms with Crippen molar-refractivity contribution in [3.63, 3.8) is 0 Å². The van der Waals surface area contributed by atoms with Crippen LogP contribution in [0.4, 0.5) is 0 Å². The summed E-state index contributed by atoms with van der Waals surface area (Å²) in [5, 5.41) is 11.3. The summed E-state index contributed by atoms with van der Waals surface area (Å²) in [4.78, 5) is 12.6. The summed E-state index contributed by atoms with van der Waals surface area (Å²) in [6.07, 6.45) is 11.6. The summed E-state index contributed by atoms with van der Waals surface area (Å²) in [5.41, 5.74) is 0.0689. The first-order valence-corrected chi connectivity index (χ1v) is 12.7. The molecule has 4 heteroatoms. The number of carbonyl (C=O) groups is 1. The van der Waals surface area contributed by atoms with Gasteiger partial charge in [-0.2, -0.15) is 0 Å². The van der Waals surface area contributed by atoms with Gasteiger partial charge < -0.3 is 9.84 Å². The van der Waals surface area contributed by atoms with Gasteiger partial charge in [0.05, 0.1) is 10.9 Å². The van der Waals surface area contributed by atoms with Gasteiger partial charge in [-0.15, -0.1) is 0 Å². The number of hydrogen-bond acceptors (Lipinski definition) is 3. The quantitative estimate of drug-likeness (QED) is 0.567. The molecule has 4 saturated carbocycles. The normalized spacial score (nSPS) is 50.5. The smallest absolute Gasteiger partial charge is 0.147 e. The third-order valence-electron chi connectivity index (χ3n) is 9.94. The Morgan fingerprint density at radius 1 is 1.07 bits per heavy atom. The molecule has 4 aliphatic carbocycles. The van der Waals surface area contributed by atoms with Gasteiger partial charge >= 0.3 is 0 Å². The molecule has 0 aromatic rings. The summed E-state index contributed by atoms with van der Waals surface area (Å²) < 4.78 is 5.58. The van der Waals surface area contributed by atoms with Gasteiger partial charge in [-0.3, -0.25) is 4.79 Å². The van der Waals surface area contributed by atoms with E-state index in [2.05, 4.69) is 22.9 Å². The van der Waals surface area contributed by atoms with Crippen molar-refractivity contribution in [3.8, 4) is 0 Å². The minimum Gasteiger partial charge on any atom is -0.390 e. The van der Waals surface area contributed by atoms with Gasteiger partial charge in [0, 0.05) is 19.6 Å². The molecule has 4 aliphatic rings. The van der Waals surface area contributed by atoms with Crippen LogP contribution in [0.2, 0.25) is 0 Å². The number of alkyl halides is 1. The van der Waals surface area contributed by atoms with Crippen LogP contribution in [0, 0.1) is 40.4 Å². The Labute approximate surface area is 179 Å². The standard InChI is InChI=1S/C24H39BrO3/c1-22(27)10-11-24(12-13-28-3)16(14-22)4-5-17-18-6-7-20(21(26)15-25)23(18,2)9-8-19(17)24/h16-20,27H,4-15H2,1-3H3/t16-,17-,18-,19-,20+,22+,23-,24+/m0/s1. The molecule has 8 atom stereocenters. The topological polar surface area (TPSA) is 46.5 Å². The van der Waals surface area contributed by atoms with Gasteiger partial charge in [-0.1, -0.05) is 22.9 Å². The number of Topliss-reactive ketones (excluding diaryl/α,β-unsaturated/α-hetero) is 1. The van der Waals surface area contributed by atoms with Gasteiger partial charge in [0.15, 0.2) is 0 Å². The molecule has 0 aromatic carbocycles. The third-order valence-corrected chi connectivity index (χ3v) is 10.5. The molecule has 0 unspecified atom stereocenters. The van der Waals surface area contributed by atoms with E-state index in [1.165, 1.54) is 32.1 Å². The zero-order chi connectivity index (χ0) is 20.2. The molecule has 0 saturated heterocycles. The Balaban J connectivity index is 1.63. The minimum atomic E-state index is -0.488. The highest BCUT2D eigenvalue weighted by atomic mass is 79.9. The second kappa shape index (κ2) is 7.64. The van der Waals surface area contributed by atoms with E-state index in [4.69, 9.17) is 4.74 Å². The van der Waals surface area contributed by atoms with Crippen molar-refractivity contribution in [1.29, 1.82) is 0 Å². The molecule has 0 radical (unpaired) electrons.